The zero-order valence-electron chi connectivity index (χ0n) is 9.89. The molecular formula is C13H18N2OS. The number of thiophene rings is 1. The summed E-state index contributed by atoms with van der Waals surface area (Å²) in [7, 11) is 0. The predicted molar refractivity (Wildman–Crippen MR) is 69.4 cm³/mol. The Morgan fingerprint density at radius 1 is 1.41 bits per heavy atom. The van der Waals surface area contributed by atoms with Crippen molar-refractivity contribution in [2.24, 2.45) is 0 Å². The molecular weight excluding hydrogens is 232 g/mol. The van der Waals surface area contributed by atoms with Crippen molar-refractivity contribution in [1.82, 2.24) is 10.2 Å². The first kappa shape index (κ1) is 11.2. The van der Waals surface area contributed by atoms with E-state index in [0.717, 1.165) is 30.8 Å². The van der Waals surface area contributed by atoms with Crippen molar-refractivity contribution in [2.45, 2.75) is 37.8 Å². The molecule has 0 aromatic carbocycles. The number of nitrogens with one attached hydrogen (secondary N) is 1. The second-order valence-corrected chi connectivity index (χ2v) is 5.84. The van der Waals surface area contributed by atoms with E-state index in [-0.39, 0.29) is 5.91 Å². The largest absolute Gasteiger partial charge is 0.333 e. The van der Waals surface area contributed by atoms with Crippen molar-refractivity contribution < 1.29 is 4.79 Å². The van der Waals surface area contributed by atoms with E-state index in [1.807, 2.05) is 17.5 Å². The lowest BCUT2D eigenvalue weighted by molar-refractivity contribution is 0.0716. The Morgan fingerprint density at radius 2 is 2.35 bits per heavy atom. The summed E-state index contributed by atoms with van der Waals surface area (Å²) in [6.07, 6.45) is 4.79. The zero-order chi connectivity index (χ0) is 11.7. The molecule has 3 rings (SSSR count). The van der Waals surface area contributed by atoms with Crippen LogP contribution in [0.3, 0.4) is 0 Å². The fraction of sp³-hybridized carbons (Fsp3) is 0.615. The minimum atomic E-state index is 0.233. The number of rotatable bonds is 2. The van der Waals surface area contributed by atoms with Crippen molar-refractivity contribution >= 4 is 17.2 Å². The predicted octanol–water partition coefficient (Wildman–Crippen LogP) is 2.10. The molecule has 2 aliphatic rings. The van der Waals surface area contributed by atoms with E-state index < -0.39 is 0 Å². The summed E-state index contributed by atoms with van der Waals surface area (Å²) in [5.74, 6) is 0.233. The van der Waals surface area contributed by atoms with Crippen molar-refractivity contribution in [3.8, 4) is 0 Å². The molecule has 3 nitrogen and oxygen atoms in total. The molecule has 0 bridgehead atoms. The number of nitrogens with zero attached hydrogens (tertiary/aromatic N) is 1. The van der Waals surface area contributed by atoms with Gasteiger partial charge in [-0.1, -0.05) is 6.07 Å². The Balaban J connectivity index is 1.75. The normalized spacial score (nSPS) is 28.8. The summed E-state index contributed by atoms with van der Waals surface area (Å²) < 4.78 is 0. The van der Waals surface area contributed by atoms with Crippen LogP contribution in [0.25, 0.3) is 0 Å². The number of amides is 1. The van der Waals surface area contributed by atoms with E-state index in [2.05, 4.69) is 10.2 Å². The van der Waals surface area contributed by atoms with Crippen LogP contribution in [0.5, 0.6) is 0 Å². The molecule has 4 heteroatoms. The quantitative estimate of drug-likeness (QED) is 0.872. The Kier molecular flexibility index (Phi) is 3.16. The van der Waals surface area contributed by atoms with Gasteiger partial charge in [0.1, 0.15) is 0 Å². The van der Waals surface area contributed by atoms with Gasteiger partial charge < -0.3 is 10.2 Å². The van der Waals surface area contributed by atoms with Crippen LogP contribution in [0, 0.1) is 0 Å². The van der Waals surface area contributed by atoms with Gasteiger partial charge in [0, 0.05) is 18.6 Å². The first-order valence-corrected chi connectivity index (χ1v) is 7.32. The van der Waals surface area contributed by atoms with Crippen molar-refractivity contribution in [1.29, 1.82) is 0 Å². The zero-order valence-corrected chi connectivity index (χ0v) is 10.7. The fourth-order valence-corrected chi connectivity index (χ4v) is 3.72. The van der Waals surface area contributed by atoms with Gasteiger partial charge in [0.2, 0.25) is 0 Å². The molecule has 0 radical (unpaired) electrons. The number of hydrogen-bond donors (Lipinski definition) is 1. The van der Waals surface area contributed by atoms with Crippen molar-refractivity contribution in [3.63, 3.8) is 0 Å². The van der Waals surface area contributed by atoms with Crippen molar-refractivity contribution in [3.05, 3.63) is 22.4 Å². The molecule has 2 atom stereocenters. The van der Waals surface area contributed by atoms with Gasteiger partial charge in [0.15, 0.2) is 0 Å². The summed E-state index contributed by atoms with van der Waals surface area (Å²) in [6.45, 7) is 2.04. The Bertz CT molecular complexity index is 384. The number of hydrogen-bond acceptors (Lipinski definition) is 3. The maximum atomic E-state index is 12.4. The van der Waals surface area contributed by atoms with Gasteiger partial charge in [-0.25, -0.2) is 0 Å². The lowest BCUT2D eigenvalue weighted by atomic mass is 10.0. The molecule has 3 heterocycles. The highest BCUT2D eigenvalue weighted by atomic mass is 32.1. The van der Waals surface area contributed by atoms with Crippen LogP contribution in [-0.2, 0) is 0 Å². The number of likely N-dealkylation sites (tertiary alicyclic amines) is 1. The van der Waals surface area contributed by atoms with Crippen LogP contribution in [-0.4, -0.2) is 36.0 Å². The number of carbonyl (C=O) groups excluding carboxylic acids is 1. The van der Waals surface area contributed by atoms with Crippen LogP contribution < -0.4 is 5.32 Å². The maximum absolute atomic E-state index is 12.4. The third kappa shape index (κ3) is 2.11. The Hall–Kier alpha value is -0.870. The van der Waals surface area contributed by atoms with Crippen LogP contribution in [0.2, 0.25) is 0 Å². The Labute approximate surface area is 106 Å². The van der Waals surface area contributed by atoms with Gasteiger partial charge in [0.05, 0.1) is 4.88 Å². The minimum absolute atomic E-state index is 0.233. The van der Waals surface area contributed by atoms with E-state index in [1.165, 1.54) is 12.8 Å². The van der Waals surface area contributed by atoms with E-state index in [1.54, 1.807) is 11.3 Å². The highest BCUT2D eigenvalue weighted by molar-refractivity contribution is 7.12. The molecule has 1 amide bonds. The average Bonchev–Trinajstić information content (AvgIpc) is 3.09. The maximum Gasteiger partial charge on any atom is 0.264 e. The molecule has 0 saturated carbocycles. The second-order valence-electron chi connectivity index (χ2n) is 4.89. The van der Waals surface area contributed by atoms with Crippen molar-refractivity contribution in [2.75, 3.05) is 13.1 Å². The first-order chi connectivity index (χ1) is 8.36. The SMILES string of the molecule is O=C(c1cccs1)N1CCCC1C1CCCN1. The monoisotopic (exact) mass is 250 g/mol. The third-order valence-electron chi connectivity index (χ3n) is 3.85. The van der Waals surface area contributed by atoms with Crippen LogP contribution in [0.15, 0.2) is 17.5 Å². The highest BCUT2D eigenvalue weighted by Gasteiger charge is 2.36. The molecule has 0 aliphatic carbocycles. The molecule has 1 N–H and O–H groups in total. The van der Waals surface area contributed by atoms with E-state index in [9.17, 15) is 4.79 Å². The Morgan fingerprint density at radius 3 is 3.06 bits per heavy atom. The fourth-order valence-electron chi connectivity index (χ4n) is 3.04. The standard InChI is InChI=1S/C13H18N2OS/c16-13(12-6-3-9-17-12)15-8-2-5-11(15)10-4-1-7-14-10/h3,6,9-11,14H,1-2,4-5,7-8H2. The molecule has 0 spiro atoms. The van der Waals surface area contributed by atoms with Gasteiger partial charge >= 0.3 is 0 Å². The summed E-state index contributed by atoms with van der Waals surface area (Å²) in [4.78, 5) is 15.4. The smallest absolute Gasteiger partial charge is 0.264 e. The molecule has 17 heavy (non-hydrogen) atoms. The molecule has 1 aromatic rings. The van der Waals surface area contributed by atoms with Crippen LogP contribution in [0.1, 0.15) is 35.4 Å². The minimum Gasteiger partial charge on any atom is -0.333 e. The van der Waals surface area contributed by atoms with Gasteiger partial charge in [-0.05, 0) is 43.7 Å². The third-order valence-corrected chi connectivity index (χ3v) is 4.71. The second kappa shape index (κ2) is 4.78. The first-order valence-electron chi connectivity index (χ1n) is 6.44. The summed E-state index contributed by atoms with van der Waals surface area (Å²) >= 11 is 1.55. The van der Waals surface area contributed by atoms with Crippen LogP contribution >= 0.6 is 11.3 Å². The topological polar surface area (TPSA) is 32.3 Å². The van der Waals surface area contributed by atoms with Crippen LogP contribution in [0.4, 0.5) is 0 Å². The lowest BCUT2D eigenvalue weighted by Gasteiger charge is -2.29. The molecule has 2 saturated heterocycles. The number of carbonyl (C=O) groups is 1. The summed E-state index contributed by atoms with van der Waals surface area (Å²) in [5.41, 5.74) is 0. The summed E-state index contributed by atoms with van der Waals surface area (Å²) in [5, 5.41) is 5.52. The average molecular weight is 250 g/mol. The summed E-state index contributed by atoms with van der Waals surface area (Å²) in [6, 6.07) is 4.84. The van der Waals surface area contributed by atoms with Gasteiger partial charge in [0.25, 0.3) is 5.91 Å². The molecule has 2 aliphatic heterocycles. The van der Waals surface area contributed by atoms with Gasteiger partial charge in [-0.15, -0.1) is 11.3 Å². The molecule has 2 fully saturated rings. The molecule has 1 aromatic heterocycles. The lowest BCUT2D eigenvalue weighted by Crippen LogP contribution is -2.46. The van der Waals surface area contributed by atoms with E-state index >= 15 is 0 Å². The van der Waals surface area contributed by atoms with E-state index in [4.69, 9.17) is 0 Å². The molecule has 2 unspecified atom stereocenters. The van der Waals surface area contributed by atoms with E-state index in [0.29, 0.717) is 12.1 Å². The molecule has 92 valence electrons. The highest BCUT2D eigenvalue weighted by Crippen LogP contribution is 2.27. The van der Waals surface area contributed by atoms with Gasteiger partial charge in [-0.2, -0.15) is 0 Å². The van der Waals surface area contributed by atoms with Gasteiger partial charge in [-0.3, -0.25) is 4.79 Å².